The van der Waals surface area contributed by atoms with Crippen LogP contribution >= 0.6 is 0 Å². The molecule has 14 heavy (non-hydrogen) atoms. The minimum absolute atomic E-state index is 0.0326. The Kier molecular flexibility index (Phi) is 2.18. The summed E-state index contributed by atoms with van der Waals surface area (Å²) in [6, 6.07) is 0. The Morgan fingerprint density at radius 2 is 1.79 bits per heavy atom. The summed E-state index contributed by atoms with van der Waals surface area (Å²) in [6.45, 7) is 3.98. The van der Waals surface area contributed by atoms with Gasteiger partial charge in [0.15, 0.2) is 0 Å². The molecule has 2 bridgehead atoms. The van der Waals surface area contributed by atoms with Gasteiger partial charge < -0.3 is 14.9 Å². The highest BCUT2D eigenvalue weighted by molar-refractivity contribution is 5.07. The van der Waals surface area contributed by atoms with E-state index in [-0.39, 0.29) is 12.2 Å². The Labute approximate surface area is 85.1 Å². The molecule has 0 aromatic carbocycles. The van der Waals surface area contributed by atoms with Gasteiger partial charge in [-0.25, -0.2) is 0 Å². The highest BCUT2D eigenvalue weighted by Gasteiger charge is 2.57. The first-order valence-electron chi connectivity index (χ1n) is 5.48. The average molecular weight is 200 g/mol. The Morgan fingerprint density at radius 1 is 1.21 bits per heavy atom. The van der Waals surface area contributed by atoms with Gasteiger partial charge in [0.05, 0.1) is 23.4 Å². The molecule has 2 saturated heterocycles. The van der Waals surface area contributed by atoms with Gasteiger partial charge in [-0.3, -0.25) is 0 Å². The van der Waals surface area contributed by atoms with Crippen molar-refractivity contribution in [3.8, 4) is 0 Å². The molecule has 3 heteroatoms. The molecule has 0 amide bonds. The summed E-state index contributed by atoms with van der Waals surface area (Å²) in [6.07, 6.45) is 4.05. The van der Waals surface area contributed by atoms with Crippen LogP contribution in [0.3, 0.4) is 0 Å². The second-order valence-corrected chi connectivity index (χ2v) is 5.33. The number of hydrogen-bond donors (Lipinski definition) is 2. The van der Waals surface area contributed by atoms with E-state index < -0.39 is 11.2 Å². The molecule has 0 aromatic rings. The van der Waals surface area contributed by atoms with Crippen LogP contribution in [0.4, 0.5) is 0 Å². The van der Waals surface area contributed by atoms with Crippen molar-refractivity contribution in [2.45, 2.75) is 62.8 Å². The van der Waals surface area contributed by atoms with Crippen molar-refractivity contribution in [1.29, 1.82) is 0 Å². The quantitative estimate of drug-likeness (QED) is 0.704. The maximum absolute atomic E-state index is 10.2. The Bertz CT molecular complexity index is 217. The van der Waals surface area contributed by atoms with Gasteiger partial charge in [0.2, 0.25) is 0 Å². The van der Waals surface area contributed by atoms with Gasteiger partial charge in [-0.2, -0.15) is 0 Å². The molecule has 0 unspecified atom stereocenters. The molecule has 2 heterocycles. The molecule has 3 atom stereocenters. The fraction of sp³-hybridized carbons (Fsp3) is 1.00. The van der Waals surface area contributed by atoms with Gasteiger partial charge in [-0.1, -0.05) is 6.92 Å². The standard InChI is InChI=1S/C11H20O3/c1-3-10-4-5-11(8-12,14-10)7-9(2,13)6-10/h12-13H,3-8H2,1-2H3/t9-,10+,11-/m1/s1. The molecule has 0 aromatic heterocycles. The second kappa shape index (κ2) is 2.94. The van der Waals surface area contributed by atoms with Gasteiger partial charge in [-0.15, -0.1) is 0 Å². The lowest BCUT2D eigenvalue weighted by molar-refractivity contribution is -0.213. The number of fused-ring (bicyclic) bond motifs is 2. The van der Waals surface area contributed by atoms with E-state index in [0.29, 0.717) is 12.8 Å². The minimum atomic E-state index is -0.673. The monoisotopic (exact) mass is 200 g/mol. The van der Waals surface area contributed by atoms with E-state index >= 15 is 0 Å². The summed E-state index contributed by atoms with van der Waals surface area (Å²) >= 11 is 0. The normalized spacial score (nSPS) is 52.3. The molecule has 2 aliphatic heterocycles. The van der Waals surface area contributed by atoms with Crippen LogP contribution in [0.2, 0.25) is 0 Å². The topological polar surface area (TPSA) is 49.7 Å². The number of ether oxygens (including phenoxy) is 1. The molecule has 0 radical (unpaired) electrons. The first-order valence-corrected chi connectivity index (χ1v) is 5.48. The van der Waals surface area contributed by atoms with Crippen LogP contribution in [0.5, 0.6) is 0 Å². The Hall–Kier alpha value is -0.120. The van der Waals surface area contributed by atoms with Crippen LogP contribution in [-0.4, -0.2) is 33.6 Å². The maximum Gasteiger partial charge on any atom is 0.0947 e. The zero-order valence-corrected chi connectivity index (χ0v) is 9.05. The van der Waals surface area contributed by atoms with E-state index in [1.54, 1.807) is 0 Å². The lowest BCUT2D eigenvalue weighted by atomic mass is 9.80. The molecular formula is C11H20O3. The lowest BCUT2D eigenvalue weighted by Crippen LogP contribution is -2.52. The molecule has 0 aliphatic carbocycles. The van der Waals surface area contributed by atoms with E-state index in [1.165, 1.54) is 0 Å². The van der Waals surface area contributed by atoms with E-state index in [9.17, 15) is 10.2 Å². The fourth-order valence-corrected chi connectivity index (χ4v) is 3.26. The molecular weight excluding hydrogens is 180 g/mol. The Morgan fingerprint density at radius 3 is 2.36 bits per heavy atom. The van der Waals surface area contributed by atoms with Crippen molar-refractivity contribution in [2.24, 2.45) is 0 Å². The summed E-state index contributed by atoms with van der Waals surface area (Å²) < 4.78 is 6.00. The van der Waals surface area contributed by atoms with E-state index in [0.717, 1.165) is 19.3 Å². The van der Waals surface area contributed by atoms with E-state index in [4.69, 9.17) is 4.74 Å². The highest BCUT2D eigenvalue weighted by Crippen LogP contribution is 2.52. The van der Waals surface area contributed by atoms with Crippen molar-refractivity contribution in [2.75, 3.05) is 6.61 Å². The number of hydrogen-bond acceptors (Lipinski definition) is 3. The highest BCUT2D eigenvalue weighted by atomic mass is 16.5. The van der Waals surface area contributed by atoms with Gasteiger partial charge in [0.1, 0.15) is 0 Å². The van der Waals surface area contributed by atoms with Crippen LogP contribution in [-0.2, 0) is 4.74 Å². The molecule has 2 rings (SSSR count). The summed E-state index contributed by atoms with van der Waals surface area (Å²) in [5.74, 6) is 0. The largest absolute Gasteiger partial charge is 0.393 e. The van der Waals surface area contributed by atoms with Crippen molar-refractivity contribution in [1.82, 2.24) is 0 Å². The third-order valence-electron chi connectivity index (χ3n) is 3.81. The number of aliphatic hydroxyl groups is 2. The minimum Gasteiger partial charge on any atom is -0.393 e. The van der Waals surface area contributed by atoms with Gasteiger partial charge in [-0.05, 0) is 26.2 Å². The molecule has 0 saturated carbocycles. The van der Waals surface area contributed by atoms with Crippen molar-refractivity contribution in [3.63, 3.8) is 0 Å². The molecule has 3 nitrogen and oxygen atoms in total. The number of rotatable bonds is 2. The van der Waals surface area contributed by atoms with Crippen LogP contribution in [0, 0.1) is 0 Å². The molecule has 2 aliphatic rings. The summed E-state index contributed by atoms with van der Waals surface area (Å²) in [4.78, 5) is 0. The van der Waals surface area contributed by atoms with E-state index in [1.807, 2.05) is 6.92 Å². The third kappa shape index (κ3) is 1.47. The fourth-order valence-electron chi connectivity index (χ4n) is 3.26. The summed E-state index contributed by atoms with van der Waals surface area (Å²) in [7, 11) is 0. The zero-order chi connectivity index (χ0) is 10.4. The first kappa shape index (κ1) is 10.4. The van der Waals surface area contributed by atoms with Crippen LogP contribution in [0.25, 0.3) is 0 Å². The van der Waals surface area contributed by atoms with Gasteiger partial charge in [0, 0.05) is 12.8 Å². The van der Waals surface area contributed by atoms with Crippen molar-refractivity contribution < 1.29 is 14.9 Å². The van der Waals surface area contributed by atoms with Crippen molar-refractivity contribution in [3.05, 3.63) is 0 Å². The average Bonchev–Trinajstić information content (AvgIpc) is 2.40. The van der Waals surface area contributed by atoms with Crippen molar-refractivity contribution >= 4 is 0 Å². The van der Waals surface area contributed by atoms with Gasteiger partial charge >= 0.3 is 0 Å². The Balaban J connectivity index is 2.27. The number of aliphatic hydroxyl groups excluding tert-OH is 1. The lowest BCUT2D eigenvalue weighted by Gasteiger charge is -2.46. The third-order valence-corrected chi connectivity index (χ3v) is 3.81. The molecule has 2 fully saturated rings. The van der Waals surface area contributed by atoms with Gasteiger partial charge in [0.25, 0.3) is 0 Å². The SMILES string of the molecule is CC[C@]12CC[C@](CO)(C[C@](C)(O)C1)O2. The predicted octanol–water partition coefficient (Wildman–Crippen LogP) is 1.22. The van der Waals surface area contributed by atoms with Crippen LogP contribution in [0.1, 0.15) is 46.0 Å². The predicted molar refractivity (Wildman–Crippen MR) is 53.0 cm³/mol. The molecule has 2 N–H and O–H groups in total. The molecule has 0 spiro atoms. The summed E-state index contributed by atoms with van der Waals surface area (Å²) in [5.41, 5.74) is -1.31. The van der Waals surface area contributed by atoms with Crippen LogP contribution in [0.15, 0.2) is 0 Å². The smallest absolute Gasteiger partial charge is 0.0947 e. The maximum atomic E-state index is 10.2. The van der Waals surface area contributed by atoms with E-state index in [2.05, 4.69) is 6.92 Å². The summed E-state index contributed by atoms with van der Waals surface area (Å²) in [5, 5.41) is 19.5. The first-order chi connectivity index (χ1) is 6.45. The zero-order valence-electron chi connectivity index (χ0n) is 9.05. The second-order valence-electron chi connectivity index (χ2n) is 5.33. The molecule has 82 valence electrons. The van der Waals surface area contributed by atoms with Crippen LogP contribution < -0.4 is 0 Å².